The molecule has 3 heteroatoms. The number of fused-ring (bicyclic) bond motifs is 8. The second kappa shape index (κ2) is 8.83. The fourth-order valence-corrected chi connectivity index (χ4v) is 6.84. The van der Waals surface area contributed by atoms with E-state index >= 15 is 0 Å². The molecule has 0 saturated carbocycles. The van der Waals surface area contributed by atoms with Crippen molar-refractivity contribution in [2.45, 2.75) is 19.3 Å². The minimum atomic E-state index is -0.264. The van der Waals surface area contributed by atoms with E-state index in [4.69, 9.17) is 11.6 Å². The number of aromatic nitrogens is 1. The van der Waals surface area contributed by atoms with E-state index in [0.717, 1.165) is 49.4 Å². The number of hydrogen-bond acceptors (Lipinski definition) is 1. The van der Waals surface area contributed by atoms with Gasteiger partial charge in [-0.25, -0.2) is 14.2 Å². The lowest BCUT2D eigenvalue weighted by Gasteiger charge is -2.23. The first-order chi connectivity index (χ1) is 20.4. The van der Waals surface area contributed by atoms with Crippen LogP contribution in [0.25, 0.3) is 70.8 Å². The third-order valence-electron chi connectivity index (χ3n) is 8.92. The Morgan fingerprint density at radius 3 is 2.02 bits per heavy atom. The van der Waals surface area contributed by atoms with Crippen LogP contribution in [0.4, 0.5) is 10.1 Å². The van der Waals surface area contributed by atoms with Gasteiger partial charge in [-0.15, -0.1) is 0 Å². The van der Waals surface area contributed by atoms with Crippen LogP contribution in [0.5, 0.6) is 0 Å². The molecule has 1 aliphatic rings. The van der Waals surface area contributed by atoms with E-state index in [1.807, 2.05) is 36.4 Å². The first kappa shape index (κ1) is 24.5. The van der Waals surface area contributed by atoms with E-state index in [1.54, 1.807) is 0 Å². The Hall–Kier alpha value is -5.33. The van der Waals surface area contributed by atoms with Gasteiger partial charge in [-0.05, 0) is 86.6 Å². The molecule has 0 radical (unpaired) electrons. The molecule has 0 aliphatic heterocycles. The standard InChI is InChI=1S/C39H25FN2/c1-39(2)34-20-24(14-18-28(34)29-19-17-26(41-3)21-35(29)39)32-22-33-37(30-9-5-4-8-27(30)32)31-10-6-7-11-36(31)42-38(33)23-12-15-25(40)16-13-23/h4-22H,1-2H3. The van der Waals surface area contributed by atoms with E-state index in [2.05, 4.69) is 85.4 Å². The second-order valence-corrected chi connectivity index (χ2v) is 11.6. The zero-order valence-corrected chi connectivity index (χ0v) is 23.2. The number of halogens is 1. The van der Waals surface area contributed by atoms with Gasteiger partial charge < -0.3 is 0 Å². The molecule has 0 bridgehead atoms. The minimum absolute atomic E-state index is 0.231. The van der Waals surface area contributed by atoms with Crippen molar-refractivity contribution >= 4 is 38.1 Å². The SMILES string of the molecule is [C-]#[N+]c1ccc2c(c1)C(C)(C)c1cc(-c3cc4c(-c5ccc(F)cc5)nc5ccccc5c4c4ccccc34)ccc1-2. The highest BCUT2D eigenvalue weighted by atomic mass is 19.1. The monoisotopic (exact) mass is 540 g/mol. The largest absolute Gasteiger partial charge is 0.247 e. The summed E-state index contributed by atoms with van der Waals surface area (Å²) in [5, 5.41) is 5.63. The van der Waals surface area contributed by atoms with Crippen molar-refractivity contribution in [1.29, 1.82) is 0 Å². The Kier molecular flexibility index (Phi) is 5.15. The highest BCUT2D eigenvalue weighted by Gasteiger charge is 2.35. The highest BCUT2D eigenvalue weighted by molar-refractivity contribution is 6.25. The maximum atomic E-state index is 13.9. The van der Waals surface area contributed by atoms with Crippen molar-refractivity contribution in [3.05, 3.63) is 144 Å². The van der Waals surface area contributed by atoms with Crippen molar-refractivity contribution in [2.75, 3.05) is 0 Å². The molecule has 0 saturated heterocycles. The lowest BCUT2D eigenvalue weighted by molar-refractivity contribution is 0.628. The van der Waals surface area contributed by atoms with Crippen LogP contribution in [0.15, 0.2) is 115 Å². The summed E-state index contributed by atoms with van der Waals surface area (Å²) in [4.78, 5) is 8.81. The van der Waals surface area contributed by atoms with E-state index in [9.17, 15) is 4.39 Å². The molecule has 0 atom stereocenters. The summed E-state index contributed by atoms with van der Waals surface area (Å²) in [7, 11) is 0. The number of rotatable bonds is 2. The van der Waals surface area contributed by atoms with Gasteiger partial charge in [-0.1, -0.05) is 86.6 Å². The molecule has 2 nitrogen and oxygen atoms in total. The number of pyridine rings is 1. The molecule has 1 aromatic heterocycles. The number of para-hydroxylation sites is 1. The Morgan fingerprint density at radius 1 is 0.619 bits per heavy atom. The van der Waals surface area contributed by atoms with Crippen molar-refractivity contribution < 1.29 is 4.39 Å². The Balaban J connectivity index is 1.45. The van der Waals surface area contributed by atoms with Gasteiger partial charge in [-0.2, -0.15) is 0 Å². The molecular weight excluding hydrogens is 515 g/mol. The summed E-state index contributed by atoms with van der Waals surface area (Å²) < 4.78 is 13.9. The average Bonchev–Trinajstić information content (AvgIpc) is 3.25. The minimum Gasteiger partial charge on any atom is -0.247 e. The van der Waals surface area contributed by atoms with Crippen LogP contribution in [0.2, 0.25) is 0 Å². The molecule has 0 amide bonds. The van der Waals surface area contributed by atoms with Crippen molar-refractivity contribution in [3.8, 4) is 33.5 Å². The molecule has 0 fully saturated rings. The van der Waals surface area contributed by atoms with E-state index in [1.165, 1.54) is 39.8 Å². The maximum absolute atomic E-state index is 13.9. The summed E-state index contributed by atoms with van der Waals surface area (Å²) in [6.07, 6.45) is 0. The van der Waals surface area contributed by atoms with Crippen molar-refractivity contribution in [1.82, 2.24) is 4.98 Å². The molecular formula is C39H25FN2. The van der Waals surface area contributed by atoms with E-state index in [-0.39, 0.29) is 11.2 Å². The summed E-state index contributed by atoms with van der Waals surface area (Å²) in [6, 6.07) is 38.5. The Labute approximate surface area is 243 Å². The maximum Gasteiger partial charge on any atom is 0.187 e. The molecule has 0 unspecified atom stereocenters. The molecule has 6 aromatic carbocycles. The van der Waals surface area contributed by atoms with Crippen LogP contribution >= 0.6 is 0 Å². The fraction of sp³-hybridized carbons (Fsp3) is 0.0769. The summed E-state index contributed by atoms with van der Waals surface area (Å²) in [5.74, 6) is -0.264. The predicted octanol–water partition coefficient (Wildman–Crippen LogP) is 10.9. The number of benzene rings is 6. The summed E-state index contributed by atoms with van der Waals surface area (Å²) in [6.45, 7) is 12.0. The fourth-order valence-electron chi connectivity index (χ4n) is 6.84. The van der Waals surface area contributed by atoms with Crippen LogP contribution in [-0.2, 0) is 5.41 Å². The van der Waals surface area contributed by atoms with Gasteiger partial charge in [0.1, 0.15) is 5.82 Å². The lowest BCUT2D eigenvalue weighted by atomic mass is 9.81. The molecule has 42 heavy (non-hydrogen) atoms. The molecule has 1 heterocycles. The molecule has 1 aliphatic carbocycles. The van der Waals surface area contributed by atoms with Gasteiger partial charge in [0.2, 0.25) is 0 Å². The quantitative estimate of drug-likeness (QED) is 0.157. The zero-order chi connectivity index (χ0) is 28.6. The van der Waals surface area contributed by atoms with Crippen LogP contribution < -0.4 is 0 Å². The van der Waals surface area contributed by atoms with Gasteiger partial charge in [-0.3, -0.25) is 0 Å². The molecule has 7 aromatic rings. The second-order valence-electron chi connectivity index (χ2n) is 11.6. The van der Waals surface area contributed by atoms with E-state index < -0.39 is 0 Å². The van der Waals surface area contributed by atoms with Gasteiger partial charge in [0.15, 0.2) is 5.69 Å². The summed E-state index contributed by atoms with van der Waals surface area (Å²) >= 11 is 0. The highest BCUT2D eigenvalue weighted by Crippen LogP contribution is 2.51. The Morgan fingerprint density at radius 2 is 1.26 bits per heavy atom. The third-order valence-corrected chi connectivity index (χ3v) is 8.92. The van der Waals surface area contributed by atoms with Crippen LogP contribution in [0, 0.1) is 12.4 Å². The topological polar surface area (TPSA) is 17.2 Å². The average molecular weight is 541 g/mol. The molecule has 0 N–H and O–H groups in total. The van der Waals surface area contributed by atoms with Crippen molar-refractivity contribution in [3.63, 3.8) is 0 Å². The lowest BCUT2D eigenvalue weighted by Crippen LogP contribution is -2.14. The van der Waals surface area contributed by atoms with E-state index in [0.29, 0.717) is 5.69 Å². The Bertz CT molecular complexity index is 2290. The zero-order valence-electron chi connectivity index (χ0n) is 23.2. The molecule has 0 spiro atoms. The van der Waals surface area contributed by atoms with Gasteiger partial charge in [0.25, 0.3) is 0 Å². The number of nitrogens with zero attached hydrogens (tertiary/aromatic N) is 2. The smallest absolute Gasteiger partial charge is 0.187 e. The first-order valence-corrected chi connectivity index (χ1v) is 14.1. The van der Waals surface area contributed by atoms with Crippen LogP contribution in [0.3, 0.4) is 0 Å². The predicted molar refractivity (Wildman–Crippen MR) is 171 cm³/mol. The van der Waals surface area contributed by atoms with Gasteiger partial charge in [0.05, 0.1) is 17.8 Å². The normalized spacial score (nSPS) is 13.3. The number of hydrogen-bond donors (Lipinski definition) is 0. The van der Waals surface area contributed by atoms with Gasteiger partial charge in [0, 0.05) is 27.1 Å². The molecule has 8 rings (SSSR count). The molecule has 198 valence electrons. The third kappa shape index (κ3) is 3.45. The van der Waals surface area contributed by atoms with Gasteiger partial charge >= 0.3 is 0 Å². The van der Waals surface area contributed by atoms with Crippen LogP contribution in [-0.4, -0.2) is 4.98 Å². The van der Waals surface area contributed by atoms with Crippen LogP contribution in [0.1, 0.15) is 25.0 Å². The van der Waals surface area contributed by atoms with Crippen molar-refractivity contribution in [2.24, 2.45) is 0 Å². The summed E-state index contributed by atoms with van der Waals surface area (Å²) in [5.41, 5.74) is 10.2. The first-order valence-electron chi connectivity index (χ1n) is 14.1.